The Hall–Kier alpha value is -1.78. The SMILES string of the molecule is Cn1cncc1-c1nc(C(C)(C)C)n(C)c1N. The summed E-state index contributed by atoms with van der Waals surface area (Å²) in [7, 11) is 3.88. The van der Waals surface area contributed by atoms with Crippen LogP contribution in [0.3, 0.4) is 0 Å². The van der Waals surface area contributed by atoms with Gasteiger partial charge in [0.05, 0.1) is 18.2 Å². The van der Waals surface area contributed by atoms with Crippen LogP contribution < -0.4 is 5.73 Å². The van der Waals surface area contributed by atoms with Crippen LogP contribution in [0.15, 0.2) is 12.5 Å². The Balaban J connectivity index is 2.63. The van der Waals surface area contributed by atoms with Crippen LogP contribution in [0, 0.1) is 0 Å². The first-order valence-electron chi connectivity index (χ1n) is 5.61. The average molecular weight is 233 g/mol. The van der Waals surface area contributed by atoms with Crippen LogP contribution in [0.5, 0.6) is 0 Å². The number of imidazole rings is 2. The van der Waals surface area contributed by atoms with Crippen molar-refractivity contribution in [1.29, 1.82) is 0 Å². The molecule has 0 radical (unpaired) electrons. The van der Waals surface area contributed by atoms with Gasteiger partial charge in [-0.25, -0.2) is 9.97 Å². The number of nitrogens with zero attached hydrogens (tertiary/aromatic N) is 4. The Morgan fingerprint density at radius 3 is 2.29 bits per heavy atom. The summed E-state index contributed by atoms with van der Waals surface area (Å²) >= 11 is 0. The van der Waals surface area contributed by atoms with Crippen LogP contribution in [-0.2, 0) is 19.5 Å². The van der Waals surface area contributed by atoms with Gasteiger partial charge in [-0.1, -0.05) is 20.8 Å². The summed E-state index contributed by atoms with van der Waals surface area (Å²) in [6.07, 6.45) is 3.53. The van der Waals surface area contributed by atoms with Crippen molar-refractivity contribution in [2.24, 2.45) is 14.1 Å². The van der Waals surface area contributed by atoms with Gasteiger partial charge in [0.25, 0.3) is 0 Å². The molecule has 2 aromatic rings. The van der Waals surface area contributed by atoms with Crippen LogP contribution in [0.1, 0.15) is 26.6 Å². The van der Waals surface area contributed by atoms with Crippen LogP contribution >= 0.6 is 0 Å². The lowest BCUT2D eigenvalue weighted by molar-refractivity contribution is 0.524. The zero-order valence-corrected chi connectivity index (χ0v) is 11.0. The second-order valence-corrected chi connectivity index (χ2v) is 5.37. The fraction of sp³-hybridized carbons (Fsp3) is 0.500. The third-order valence-corrected chi connectivity index (χ3v) is 2.87. The number of rotatable bonds is 1. The molecule has 0 saturated heterocycles. The normalized spacial score (nSPS) is 12.1. The molecular formula is C12H19N5. The largest absolute Gasteiger partial charge is 0.383 e. The van der Waals surface area contributed by atoms with Gasteiger partial charge in [0.15, 0.2) is 0 Å². The number of aromatic nitrogens is 4. The van der Waals surface area contributed by atoms with E-state index in [0.29, 0.717) is 5.82 Å². The number of anilines is 1. The molecule has 0 amide bonds. The lowest BCUT2D eigenvalue weighted by Crippen LogP contribution is -2.17. The standard InChI is InChI=1S/C12H19N5/c1-12(2,3)11-15-9(10(13)17(11)5)8-6-14-7-16(8)4/h6-7H,13H2,1-5H3. The molecule has 0 unspecified atom stereocenters. The van der Waals surface area contributed by atoms with Crippen molar-refractivity contribution >= 4 is 5.82 Å². The quantitative estimate of drug-likeness (QED) is 0.815. The molecule has 0 aliphatic rings. The Bertz CT molecular complexity index is 542. The van der Waals surface area contributed by atoms with Gasteiger partial charge in [-0.3, -0.25) is 0 Å². The highest BCUT2D eigenvalue weighted by atomic mass is 15.2. The second-order valence-electron chi connectivity index (χ2n) is 5.37. The molecule has 0 aliphatic carbocycles. The van der Waals surface area contributed by atoms with Gasteiger partial charge in [0, 0.05) is 19.5 Å². The van der Waals surface area contributed by atoms with Crippen molar-refractivity contribution in [3.63, 3.8) is 0 Å². The Labute approximate surface area is 101 Å². The summed E-state index contributed by atoms with van der Waals surface area (Å²) < 4.78 is 3.87. The molecule has 0 aliphatic heterocycles. The lowest BCUT2D eigenvalue weighted by Gasteiger charge is -2.17. The van der Waals surface area contributed by atoms with E-state index in [1.165, 1.54) is 0 Å². The van der Waals surface area contributed by atoms with Gasteiger partial charge in [0.1, 0.15) is 17.3 Å². The molecule has 2 rings (SSSR count). The zero-order valence-electron chi connectivity index (χ0n) is 11.0. The maximum Gasteiger partial charge on any atom is 0.133 e. The van der Waals surface area contributed by atoms with E-state index in [-0.39, 0.29) is 5.41 Å². The maximum absolute atomic E-state index is 6.12. The second kappa shape index (κ2) is 3.61. The van der Waals surface area contributed by atoms with E-state index in [2.05, 4.69) is 30.7 Å². The van der Waals surface area contributed by atoms with Crippen LogP contribution in [-0.4, -0.2) is 19.1 Å². The van der Waals surface area contributed by atoms with Gasteiger partial charge in [-0.15, -0.1) is 0 Å². The highest BCUT2D eigenvalue weighted by Crippen LogP contribution is 2.30. The zero-order chi connectivity index (χ0) is 12.8. The predicted molar refractivity (Wildman–Crippen MR) is 68.5 cm³/mol. The highest BCUT2D eigenvalue weighted by molar-refractivity contribution is 5.68. The molecule has 2 aromatic heterocycles. The van der Waals surface area contributed by atoms with Crippen LogP contribution in [0.2, 0.25) is 0 Å². The number of aryl methyl sites for hydroxylation is 1. The minimum absolute atomic E-state index is 0.0281. The summed E-state index contributed by atoms with van der Waals surface area (Å²) in [6.45, 7) is 6.38. The molecule has 0 fully saturated rings. The van der Waals surface area contributed by atoms with Gasteiger partial charge >= 0.3 is 0 Å². The van der Waals surface area contributed by atoms with Crippen LogP contribution in [0.25, 0.3) is 11.4 Å². The first kappa shape index (κ1) is 11.7. The third-order valence-electron chi connectivity index (χ3n) is 2.87. The molecule has 0 saturated carbocycles. The summed E-state index contributed by atoms with van der Waals surface area (Å²) in [5, 5.41) is 0. The molecule has 0 spiro atoms. The number of nitrogens with two attached hydrogens (primary N) is 1. The van der Waals surface area contributed by atoms with Crippen molar-refractivity contribution in [3.05, 3.63) is 18.3 Å². The van der Waals surface area contributed by atoms with Crippen molar-refractivity contribution in [1.82, 2.24) is 19.1 Å². The fourth-order valence-electron chi connectivity index (χ4n) is 1.96. The molecular weight excluding hydrogens is 214 g/mol. The number of hydrogen-bond donors (Lipinski definition) is 1. The summed E-state index contributed by atoms with van der Waals surface area (Å²) in [4.78, 5) is 8.76. The number of hydrogen-bond acceptors (Lipinski definition) is 3. The lowest BCUT2D eigenvalue weighted by atomic mass is 9.96. The van der Waals surface area contributed by atoms with Crippen molar-refractivity contribution in [2.45, 2.75) is 26.2 Å². The summed E-state index contributed by atoms with van der Waals surface area (Å²) in [5.41, 5.74) is 7.83. The molecule has 2 N–H and O–H groups in total. The first-order valence-corrected chi connectivity index (χ1v) is 5.61. The van der Waals surface area contributed by atoms with E-state index < -0.39 is 0 Å². The predicted octanol–water partition coefficient (Wildman–Crippen LogP) is 1.70. The monoisotopic (exact) mass is 233 g/mol. The van der Waals surface area contributed by atoms with E-state index in [0.717, 1.165) is 17.2 Å². The molecule has 5 nitrogen and oxygen atoms in total. The molecule has 92 valence electrons. The number of nitrogen functional groups attached to an aromatic ring is 1. The van der Waals surface area contributed by atoms with E-state index in [4.69, 9.17) is 5.73 Å². The molecule has 0 atom stereocenters. The van der Waals surface area contributed by atoms with Crippen LogP contribution in [0.4, 0.5) is 5.82 Å². The van der Waals surface area contributed by atoms with Gasteiger partial charge in [-0.05, 0) is 0 Å². The Morgan fingerprint density at radius 2 is 1.88 bits per heavy atom. The van der Waals surface area contributed by atoms with E-state index in [1.807, 2.05) is 23.2 Å². The molecule has 0 aromatic carbocycles. The third kappa shape index (κ3) is 1.81. The smallest absolute Gasteiger partial charge is 0.133 e. The van der Waals surface area contributed by atoms with E-state index >= 15 is 0 Å². The van der Waals surface area contributed by atoms with Gasteiger partial charge in [0.2, 0.25) is 0 Å². The summed E-state index contributed by atoms with van der Waals surface area (Å²) in [5.74, 6) is 1.66. The average Bonchev–Trinajstić information content (AvgIpc) is 2.73. The highest BCUT2D eigenvalue weighted by Gasteiger charge is 2.24. The first-order chi connectivity index (χ1) is 7.82. The minimum atomic E-state index is -0.0281. The minimum Gasteiger partial charge on any atom is -0.383 e. The topological polar surface area (TPSA) is 61.7 Å². The molecule has 5 heteroatoms. The maximum atomic E-state index is 6.12. The Kier molecular flexibility index (Phi) is 2.49. The molecule has 0 bridgehead atoms. The van der Waals surface area contributed by atoms with Gasteiger partial charge < -0.3 is 14.9 Å². The van der Waals surface area contributed by atoms with E-state index in [9.17, 15) is 0 Å². The fourth-order valence-corrected chi connectivity index (χ4v) is 1.96. The van der Waals surface area contributed by atoms with Crippen molar-refractivity contribution in [2.75, 3.05) is 5.73 Å². The van der Waals surface area contributed by atoms with Crippen molar-refractivity contribution in [3.8, 4) is 11.4 Å². The molecule has 17 heavy (non-hydrogen) atoms. The van der Waals surface area contributed by atoms with Gasteiger partial charge in [-0.2, -0.15) is 0 Å². The molecule has 2 heterocycles. The van der Waals surface area contributed by atoms with E-state index in [1.54, 1.807) is 12.5 Å². The summed E-state index contributed by atoms with van der Waals surface area (Å²) in [6, 6.07) is 0. The van der Waals surface area contributed by atoms with Crippen molar-refractivity contribution < 1.29 is 0 Å². The Morgan fingerprint density at radius 1 is 1.24 bits per heavy atom.